The fraction of sp³-hybridized carbons (Fsp3) is 0.176. The minimum Gasteiger partial charge on any atom is -0.484 e. The van der Waals surface area contributed by atoms with Crippen LogP contribution < -0.4 is 10.1 Å². The fourth-order valence-corrected chi connectivity index (χ4v) is 1.82. The maximum absolute atomic E-state index is 12.8. The molecule has 24 heavy (non-hydrogen) atoms. The van der Waals surface area contributed by atoms with Gasteiger partial charge in [0.15, 0.2) is 6.61 Å². The first-order valence-corrected chi connectivity index (χ1v) is 7.12. The molecule has 0 aromatic heterocycles. The normalized spacial score (nSPS) is 10.1. The number of ether oxygens (including phenoxy) is 1. The number of carbonyl (C=O) groups excluding carboxylic acids is 2. The predicted octanol–water partition coefficient (Wildman–Crippen LogP) is 2.44. The lowest BCUT2D eigenvalue weighted by molar-refractivity contribution is -0.135. The van der Waals surface area contributed by atoms with Crippen molar-refractivity contribution in [1.29, 1.82) is 0 Å². The van der Waals surface area contributed by atoms with E-state index in [4.69, 9.17) is 4.74 Å². The lowest BCUT2D eigenvalue weighted by Crippen LogP contribution is -2.37. The van der Waals surface area contributed by atoms with Gasteiger partial charge in [-0.2, -0.15) is 0 Å². The summed E-state index contributed by atoms with van der Waals surface area (Å²) in [5.74, 6) is -1.27. The second-order valence-corrected chi connectivity index (χ2v) is 5.05. The summed E-state index contributed by atoms with van der Waals surface area (Å²) in [6.45, 7) is -0.449. The minimum atomic E-state index is -0.417. The molecule has 126 valence electrons. The number of amides is 2. The van der Waals surface area contributed by atoms with Crippen molar-refractivity contribution in [2.45, 2.75) is 0 Å². The van der Waals surface area contributed by atoms with E-state index in [2.05, 4.69) is 5.32 Å². The lowest BCUT2D eigenvalue weighted by Gasteiger charge is -2.17. The molecular weight excluding hydrogens is 318 g/mol. The summed E-state index contributed by atoms with van der Waals surface area (Å²) in [5.41, 5.74) is 0.435. The van der Waals surface area contributed by atoms with Gasteiger partial charge in [-0.3, -0.25) is 9.59 Å². The Balaban J connectivity index is 1.78. The molecule has 0 heterocycles. The number of nitrogens with one attached hydrogen (secondary N) is 1. The molecule has 0 atom stereocenters. The van der Waals surface area contributed by atoms with Gasteiger partial charge in [-0.1, -0.05) is 0 Å². The number of halogens is 2. The van der Waals surface area contributed by atoms with Crippen LogP contribution >= 0.6 is 0 Å². The number of rotatable bonds is 6. The zero-order chi connectivity index (χ0) is 17.5. The minimum absolute atomic E-state index is 0.178. The van der Waals surface area contributed by atoms with E-state index in [1.807, 2.05) is 0 Å². The Kier molecular flexibility index (Phi) is 5.83. The number of likely N-dealkylation sites (N-methyl/N-ethyl adjacent to an activating group) is 1. The molecule has 0 aliphatic heterocycles. The first-order chi connectivity index (χ1) is 11.4. The van der Waals surface area contributed by atoms with E-state index >= 15 is 0 Å². The summed E-state index contributed by atoms with van der Waals surface area (Å²) in [4.78, 5) is 25.0. The van der Waals surface area contributed by atoms with E-state index in [9.17, 15) is 18.4 Å². The maximum atomic E-state index is 12.8. The van der Waals surface area contributed by atoms with Crippen LogP contribution in [0, 0.1) is 11.6 Å². The van der Waals surface area contributed by atoms with E-state index in [1.54, 1.807) is 0 Å². The monoisotopic (exact) mass is 334 g/mol. The van der Waals surface area contributed by atoms with Gasteiger partial charge >= 0.3 is 0 Å². The zero-order valence-electron chi connectivity index (χ0n) is 13.0. The van der Waals surface area contributed by atoms with Crippen molar-refractivity contribution in [3.63, 3.8) is 0 Å². The second-order valence-electron chi connectivity index (χ2n) is 5.05. The molecule has 0 fully saturated rings. The highest BCUT2D eigenvalue weighted by Crippen LogP contribution is 2.11. The number of anilines is 1. The molecule has 1 N–H and O–H groups in total. The molecule has 2 rings (SSSR count). The molecular formula is C17H16F2N2O3. The van der Waals surface area contributed by atoms with Gasteiger partial charge in [0.25, 0.3) is 5.91 Å². The Bertz CT molecular complexity index is 703. The highest BCUT2D eigenvalue weighted by molar-refractivity contribution is 5.94. The summed E-state index contributed by atoms with van der Waals surface area (Å²) in [6.07, 6.45) is 0. The smallest absolute Gasteiger partial charge is 0.260 e. The summed E-state index contributed by atoms with van der Waals surface area (Å²) < 4.78 is 30.8. The highest BCUT2D eigenvalue weighted by atomic mass is 19.1. The molecule has 2 amide bonds. The van der Waals surface area contributed by atoms with Gasteiger partial charge in [-0.05, 0) is 48.5 Å². The average molecular weight is 334 g/mol. The van der Waals surface area contributed by atoms with Crippen molar-refractivity contribution in [3.8, 4) is 5.75 Å². The van der Waals surface area contributed by atoms with Gasteiger partial charge in [-0.25, -0.2) is 8.78 Å². The molecule has 0 saturated carbocycles. The molecule has 0 saturated heterocycles. The number of hydrogen-bond donors (Lipinski definition) is 1. The molecule has 0 unspecified atom stereocenters. The standard InChI is InChI=1S/C17H16F2N2O3/c1-21(10-16(22)20-14-6-2-12(18)3-7-14)17(23)11-24-15-8-4-13(19)5-9-15/h2-9H,10-11H2,1H3,(H,20,22). The van der Waals surface area contributed by atoms with Crippen LogP contribution in [0.4, 0.5) is 14.5 Å². The Labute approximate surface area is 137 Å². The maximum Gasteiger partial charge on any atom is 0.260 e. The van der Waals surface area contributed by atoms with Crippen LogP contribution in [0.5, 0.6) is 5.75 Å². The predicted molar refractivity (Wildman–Crippen MR) is 84.6 cm³/mol. The summed E-state index contributed by atoms with van der Waals surface area (Å²) >= 11 is 0. The van der Waals surface area contributed by atoms with E-state index in [0.717, 1.165) is 0 Å². The zero-order valence-corrected chi connectivity index (χ0v) is 13.0. The third-order valence-electron chi connectivity index (χ3n) is 3.11. The largest absolute Gasteiger partial charge is 0.484 e. The van der Waals surface area contributed by atoms with Gasteiger partial charge in [-0.15, -0.1) is 0 Å². The van der Waals surface area contributed by atoms with Crippen LogP contribution in [0.25, 0.3) is 0 Å². The Morgan fingerprint density at radius 2 is 1.54 bits per heavy atom. The summed E-state index contributed by atoms with van der Waals surface area (Å²) in [6, 6.07) is 10.6. The van der Waals surface area contributed by atoms with Crippen LogP contribution in [-0.4, -0.2) is 36.9 Å². The molecule has 0 bridgehead atoms. The Morgan fingerprint density at radius 1 is 1.00 bits per heavy atom. The summed E-state index contributed by atoms with van der Waals surface area (Å²) in [7, 11) is 1.46. The van der Waals surface area contributed by atoms with Crippen molar-refractivity contribution < 1.29 is 23.1 Å². The molecule has 0 radical (unpaired) electrons. The Hall–Kier alpha value is -2.96. The van der Waals surface area contributed by atoms with Gasteiger partial charge in [0.1, 0.15) is 17.4 Å². The third kappa shape index (κ3) is 5.35. The number of nitrogens with zero attached hydrogens (tertiary/aromatic N) is 1. The molecule has 0 aliphatic rings. The van der Waals surface area contributed by atoms with Crippen LogP contribution in [0.15, 0.2) is 48.5 Å². The van der Waals surface area contributed by atoms with Crippen molar-refractivity contribution in [1.82, 2.24) is 4.90 Å². The van der Waals surface area contributed by atoms with Crippen LogP contribution in [-0.2, 0) is 9.59 Å². The SMILES string of the molecule is CN(CC(=O)Nc1ccc(F)cc1)C(=O)COc1ccc(F)cc1. The first kappa shape index (κ1) is 17.4. The van der Waals surface area contributed by atoms with Gasteiger partial charge in [0, 0.05) is 12.7 Å². The van der Waals surface area contributed by atoms with E-state index in [-0.39, 0.29) is 13.2 Å². The quantitative estimate of drug-likeness (QED) is 0.883. The van der Waals surface area contributed by atoms with E-state index in [0.29, 0.717) is 11.4 Å². The molecule has 2 aromatic carbocycles. The number of benzene rings is 2. The topological polar surface area (TPSA) is 58.6 Å². The molecule has 0 spiro atoms. The van der Waals surface area contributed by atoms with Crippen molar-refractivity contribution >= 4 is 17.5 Å². The third-order valence-corrected chi connectivity index (χ3v) is 3.11. The van der Waals surface area contributed by atoms with E-state index < -0.39 is 23.4 Å². The van der Waals surface area contributed by atoms with Crippen LogP contribution in [0.2, 0.25) is 0 Å². The Morgan fingerprint density at radius 3 is 2.12 bits per heavy atom. The van der Waals surface area contributed by atoms with Crippen molar-refractivity contribution in [3.05, 3.63) is 60.2 Å². The molecule has 5 nitrogen and oxygen atoms in total. The van der Waals surface area contributed by atoms with Crippen LogP contribution in [0.1, 0.15) is 0 Å². The van der Waals surface area contributed by atoms with Crippen molar-refractivity contribution in [2.24, 2.45) is 0 Å². The van der Waals surface area contributed by atoms with Gasteiger partial charge < -0.3 is 15.0 Å². The fourth-order valence-electron chi connectivity index (χ4n) is 1.82. The second kappa shape index (κ2) is 8.05. The van der Waals surface area contributed by atoms with E-state index in [1.165, 1.54) is 60.5 Å². The lowest BCUT2D eigenvalue weighted by atomic mass is 10.3. The van der Waals surface area contributed by atoms with Crippen molar-refractivity contribution in [2.75, 3.05) is 25.5 Å². The molecule has 2 aromatic rings. The molecule has 0 aliphatic carbocycles. The first-order valence-electron chi connectivity index (χ1n) is 7.12. The number of hydrogen-bond acceptors (Lipinski definition) is 3. The van der Waals surface area contributed by atoms with Gasteiger partial charge in [0.05, 0.1) is 6.54 Å². The van der Waals surface area contributed by atoms with Gasteiger partial charge in [0.2, 0.25) is 5.91 Å². The molecule has 7 heteroatoms. The summed E-state index contributed by atoms with van der Waals surface area (Å²) in [5, 5.41) is 2.55. The van der Waals surface area contributed by atoms with Crippen LogP contribution in [0.3, 0.4) is 0 Å². The number of carbonyl (C=O) groups is 2. The highest BCUT2D eigenvalue weighted by Gasteiger charge is 2.14. The average Bonchev–Trinajstić information content (AvgIpc) is 2.56.